The monoisotopic (exact) mass is 293 g/mol. The minimum Gasteiger partial charge on any atom is -0.326 e. The van der Waals surface area contributed by atoms with Gasteiger partial charge in [-0.25, -0.2) is 0 Å². The first-order valence-corrected chi connectivity index (χ1v) is 7.51. The van der Waals surface area contributed by atoms with Gasteiger partial charge < -0.3 is 5.32 Å². The van der Waals surface area contributed by atoms with Crippen LogP contribution in [0.25, 0.3) is 0 Å². The van der Waals surface area contributed by atoms with E-state index in [2.05, 4.69) is 62.1 Å². The highest BCUT2D eigenvalue weighted by Gasteiger charge is 2.30. The fourth-order valence-corrected chi connectivity index (χ4v) is 2.87. The van der Waals surface area contributed by atoms with Crippen LogP contribution in [0.5, 0.6) is 0 Å². The molecule has 0 aliphatic rings. The van der Waals surface area contributed by atoms with E-state index in [1.54, 1.807) is 0 Å². The molecule has 0 saturated carbocycles. The van der Waals surface area contributed by atoms with Gasteiger partial charge in [0, 0.05) is 18.5 Å². The molecule has 0 saturated heterocycles. The van der Waals surface area contributed by atoms with Crippen LogP contribution in [0.1, 0.15) is 37.8 Å². The number of carbonyl (C=O) groups excluding carboxylic acids is 1. The molecule has 2 nitrogen and oxygen atoms in total. The minimum atomic E-state index is -0.0577. The fourth-order valence-electron chi connectivity index (χ4n) is 2.87. The normalized spacial score (nSPS) is 12.5. The molecule has 2 heteroatoms. The zero-order valence-corrected chi connectivity index (χ0v) is 13.5. The summed E-state index contributed by atoms with van der Waals surface area (Å²) in [7, 11) is 0. The maximum Gasteiger partial charge on any atom is 0.221 e. The second-order valence-corrected chi connectivity index (χ2v) is 6.10. The van der Waals surface area contributed by atoms with Gasteiger partial charge in [0.15, 0.2) is 0 Å². The molecule has 2 aromatic rings. The quantitative estimate of drug-likeness (QED) is 0.781. The molecule has 0 aliphatic carbocycles. The summed E-state index contributed by atoms with van der Waals surface area (Å²) < 4.78 is 0. The van der Waals surface area contributed by atoms with Crippen molar-refractivity contribution in [3.05, 3.63) is 78.4 Å². The van der Waals surface area contributed by atoms with Gasteiger partial charge in [-0.2, -0.15) is 0 Å². The third kappa shape index (κ3) is 3.45. The number of rotatable bonds is 5. The van der Waals surface area contributed by atoms with Gasteiger partial charge in [-0.15, -0.1) is 6.58 Å². The van der Waals surface area contributed by atoms with Crippen LogP contribution < -0.4 is 5.32 Å². The first kappa shape index (κ1) is 16.0. The molecular weight excluding hydrogens is 270 g/mol. The van der Waals surface area contributed by atoms with Crippen molar-refractivity contribution in [1.29, 1.82) is 0 Å². The molecule has 2 rings (SSSR count). The van der Waals surface area contributed by atoms with Crippen LogP contribution in [0, 0.1) is 0 Å². The zero-order chi connectivity index (χ0) is 16.2. The average Bonchev–Trinajstić information content (AvgIpc) is 2.50. The molecule has 0 spiro atoms. The lowest BCUT2D eigenvalue weighted by Gasteiger charge is -2.33. The SMILES string of the molecule is C=C[C@H](c1ccc(NC(C)=O)cc1)C(C)(C)c1ccccc1. The van der Waals surface area contributed by atoms with E-state index >= 15 is 0 Å². The number of allylic oxidation sites excluding steroid dienone is 1. The van der Waals surface area contributed by atoms with E-state index in [1.807, 2.05) is 24.3 Å². The summed E-state index contributed by atoms with van der Waals surface area (Å²) >= 11 is 0. The van der Waals surface area contributed by atoms with E-state index in [1.165, 1.54) is 18.1 Å². The molecule has 0 fully saturated rings. The molecule has 0 aromatic heterocycles. The summed E-state index contributed by atoms with van der Waals surface area (Å²) in [6.07, 6.45) is 2.00. The maximum atomic E-state index is 11.1. The molecule has 0 heterocycles. The van der Waals surface area contributed by atoms with Crippen LogP contribution in [-0.2, 0) is 10.2 Å². The molecule has 1 N–H and O–H groups in total. The topological polar surface area (TPSA) is 29.1 Å². The largest absolute Gasteiger partial charge is 0.326 e. The van der Waals surface area contributed by atoms with Crippen LogP contribution >= 0.6 is 0 Å². The van der Waals surface area contributed by atoms with Crippen molar-refractivity contribution in [2.24, 2.45) is 0 Å². The number of amides is 1. The summed E-state index contributed by atoms with van der Waals surface area (Å²) in [4.78, 5) is 11.1. The van der Waals surface area contributed by atoms with Crippen LogP contribution in [0.3, 0.4) is 0 Å². The second kappa shape index (κ2) is 6.61. The zero-order valence-electron chi connectivity index (χ0n) is 13.5. The standard InChI is InChI=1S/C20H23NO/c1-5-19(20(3,4)17-9-7-6-8-10-17)16-11-13-18(14-12-16)21-15(2)22/h5-14,19H,1H2,2-4H3,(H,21,22)/t19-/m1/s1. The van der Waals surface area contributed by atoms with Gasteiger partial charge >= 0.3 is 0 Å². The highest BCUT2D eigenvalue weighted by atomic mass is 16.1. The number of anilines is 1. The summed E-state index contributed by atoms with van der Waals surface area (Å²) in [6.45, 7) is 10.0. The lowest BCUT2D eigenvalue weighted by atomic mass is 9.70. The van der Waals surface area contributed by atoms with Crippen molar-refractivity contribution in [3.63, 3.8) is 0 Å². The van der Waals surface area contributed by atoms with E-state index in [-0.39, 0.29) is 17.2 Å². The predicted octanol–water partition coefficient (Wildman–Crippen LogP) is 4.89. The van der Waals surface area contributed by atoms with E-state index in [0.29, 0.717) is 0 Å². The molecule has 22 heavy (non-hydrogen) atoms. The Kier molecular flexibility index (Phi) is 4.81. The molecular formula is C20H23NO. The van der Waals surface area contributed by atoms with Gasteiger partial charge in [-0.1, -0.05) is 62.4 Å². The fraction of sp³-hybridized carbons (Fsp3) is 0.250. The van der Waals surface area contributed by atoms with Crippen LogP contribution in [0.2, 0.25) is 0 Å². The van der Waals surface area contributed by atoms with Crippen LogP contribution in [0.4, 0.5) is 5.69 Å². The van der Waals surface area contributed by atoms with Crippen LogP contribution in [0.15, 0.2) is 67.3 Å². The van der Waals surface area contributed by atoms with Crippen LogP contribution in [-0.4, -0.2) is 5.91 Å². The number of benzene rings is 2. The lowest BCUT2D eigenvalue weighted by molar-refractivity contribution is -0.114. The van der Waals surface area contributed by atoms with Gasteiger partial charge in [-0.3, -0.25) is 4.79 Å². The van der Waals surface area contributed by atoms with Gasteiger partial charge in [0.1, 0.15) is 0 Å². The van der Waals surface area contributed by atoms with Gasteiger partial charge in [0.25, 0.3) is 0 Å². The lowest BCUT2D eigenvalue weighted by Crippen LogP contribution is -2.25. The van der Waals surface area contributed by atoms with Crippen molar-refractivity contribution in [1.82, 2.24) is 0 Å². The Labute approximate surface area is 132 Å². The van der Waals surface area contributed by atoms with Crippen molar-refractivity contribution < 1.29 is 4.79 Å². The maximum absolute atomic E-state index is 11.1. The summed E-state index contributed by atoms with van der Waals surface area (Å²) in [5.74, 6) is 0.138. The Balaban J connectivity index is 2.31. The number of hydrogen-bond acceptors (Lipinski definition) is 1. The third-order valence-electron chi connectivity index (χ3n) is 4.12. The number of hydrogen-bond donors (Lipinski definition) is 1. The minimum absolute atomic E-state index is 0.0570. The third-order valence-corrected chi connectivity index (χ3v) is 4.12. The van der Waals surface area contributed by atoms with Crippen molar-refractivity contribution in [2.75, 3.05) is 5.32 Å². The highest BCUT2D eigenvalue weighted by Crippen LogP contribution is 2.39. The average molecular weight is 293 g/mol. The van der Waals surface area contributed by atoms with Crippen molar-refractivity contribution in [3.8, 4) is 0 Å². The second-order valence-electron chi connectivity index (χ2n) is 6.10. The highest BCUT2D eigenvalue weighted by molar-refractivity contribution is 5.88. The summed E-state index contributed by atoms with van der Waals surface area (Å²) in [5.41, 5.74) is 3.23. The number of carbonyl (C=O) groups is 1. The van der Waals surface area contributed by atoms with E-state index in [0.717, 1.165) is 5.69 Å². The Morgan fingerprint density at radius 2 is 1.68 bits per heavy atom. The van der Waals surface area contributed by atoms with Gasteiger partial charge in [0.05, 0.1) is 0 Å². The molecule has 0 aliphatic heterocycles. The number of nitrogens with one attached hydrogen (secondary N) is 1. The van der Waals surface area contributed by atoms with Crippen molar-refractivity contribution in [2.45, 2.75) is 32.1 Å². The summed E-state index contributed by atoms with van der Waals surface area (Å²) in [6, 6.07) is 18.5. The Morgan fingerprint density at radius 1 is 1.09 bits per heavy atom. The molecule has 0 bridgehead atoms. The van der Waals surface area contributed by atoms with E-state index in [4.69, 9.17) is 0 Å². The summed E-state index contributed by atoms with van der Waals surface area (Å²) in [5, 5.41) is 2.79. The predicted molar refractivity (Wildman–Crippen MR) is 93.2 cm³/mol. The molecule has 1 amide bonds. The smallest absolute Gasteiger partial charge is 0.221 e. The Hall–Kier alpha value is -2.35. The first-order chi connectivity index (χ1) is 10.4. The van der Waals surface area contributed by atoms with E-state index in [9.17, 15) is 4.79 Å². The Bertz CT molecular complexity index is 641. The molecule has 0 unspecified atom stereocenters. The molecule has 2 aromatic carbocycles. The van der Waals surface area contributed by atoms with Crippen molar-refractivity contribution >= 4 is 11.6 Å². The van der Waals surface area contributed by atoms with Gasteiger partial charge in [0.2, 0.25) is 5.91 Å². The first-order valence-electron chi connectivity index (χ1n) is 7.51. The molecule has 1 atom stereocenters. The molecule has 0 radical (unpaired) electrons. The Morgan fingerprint density at radius 3 is 2.18 bits per heavy atom. The van der Waals surface area contributed by atoms with Gasteiger partial charge in [-0.05, 0) is 28.7 Å². The van der Waals surface area contributed by atoms with E-state index < -0.39 is 0 Å². The molecule has 114 valence electrons.